The maximum atomic E-state index is 12.2. The van der Waals surface area contributed by atoms with Crippen molar-refractivity contribution < 1.29 is 14.7 Å². The summed E-state index contributed by atoms with van der Waals surface area (Å²) >= 11 is 0. The minimum Gasteiger partial charge on any atom is -0.477 e. The second kappa shape index (κ2) is 5.58. The number of aromatic carboxylic acids is 1. The summed E-state index contributed by atoms with van der Waals surface area (Å²) in [7, 11) is 0. The van der Waals surface area contributed by atoms with Crippen LogP contribution in [0.5, 0.6) is 0 Å². The molecule has 0 fully saturated rings. The summed E-state index contributed by atoms with van der Waals surface area (Å²) in [6, 6.07) is 3.03. The Balaban J connectivity index is 2.68. The molecule has 0 aliphatic rings. The predicted octanol–water partition coefficient (Wildman–Crippen LogP) is 1.16. The van der Waals surface area contributed by atoms with E-state index in [0.717, 1.165) is 5.56 Å². The highest BCUT2D eigenvalue weighted by molar-refractivity contribution is 5.85. The van der Waals surface area contributed by atoms with Gasteiger partial charge in [0, 0.05) is 18.3 Å². The summed E-state index contributed by atoms with van der Waals surface area (Å²) in [4.78, 5) is 26.6. The van der Waals surface area contributed by atoms with Crippen LogP contribution in [0.2, 0.25) is 0 Å². The third kappa shape index (κ3) is 3.54. The molecule has 0 aliphatic heterocycles. The Morgan fingerprint density at radius 2 is 1.90 bits per heavy atom. The van der Waals surface area contributed by atoms with Gasteiger partial charge in [-0.2, -0.15) is 0 Å². The number of nitrogens with one attached hydrogen (secondary N) is 1. The van der Waals surface area contributed by atoms with E-state index < -0.39 is 16.9 Å². The molecular weight excluding hydrogens is 258 g/mol. The molecule has 110 valence electrons. The average Bonchev–Trinajstić information content (AvgIpc) is 2.34. The fraction of sp³-hybridized carbons (Fsp3) is 0.500. The summed E-state index contributed by atoms with van der Waals surface area (Å²) in [6.07, 6.45) is 1.43. The molecule has 0 saturated heterocycles. The number of pyridine rings is 1. The summed E-state index contributed by atoms with van der Waals surface area (Å²) in [5.41, 5.74) is 5.33. The number of amides is 1. The number of carboxylic acid groups (broad SMARTS) is 1. The number of nitrogens with zero attached hydrogens (tertiary/aromatic N) is 1. The van der Waals surface area contributed by atoms with E-state index in [9.17, 15) is 9.59 Å². The molecule has 1 amide bonds. The average molecular weight is 279 g/mol. The molecule has 0 radical (unpaired) electrons. The molecule has 0 atom stereocenters. The molecule has 0 aromatic carbocycles. The predicted molar refractivity (Wildman–Crippen MR) is 75.1 cm³/mol. The molecule has 6 heteroatoms. The van der Waals surface area contributed by atoms with E-state index in [1.165, 1.54) is 12.3 Å². The molecule has 1 aromatic heterocycles. The van der Waals surface area contributed by atoms with Crippen LogP contribution >= 0.6 is 0 Å². The maximum Gasteiger partial charge on any atom is 0.354 e. The fourth-order valence-electron chi connectivity index (χ4n) is 1.35. The van der Waals surface area contributed by atoms with Crippen LogP contribution in [-0.4, -0.2) is 27.5 Å². The summed E-state index contributed by atoms with van der Waals surface area (Å²) in [6.45, 7) is 7.46. The van der Waals surface area contributed by atoms with Gasteiger partial charge in [0.15, 0.2) is 0 Å². The highest BCUT2D eigenvalue weighted by atomic mass is 16.4. The highest BCUT2D eigenvalue weighted by Gasteiger charge is 2.40. The Morgan fingerprint density at radius 3 is 2.30 bits per heavy atom. The van der Waals surface area contributed by atoms with E-state index in [2.05, 4.69) is 10.3 Å². The first-order chi connectivity index (χ1) is 9.05. The van der Waals surface area contributed by atoms with Crippen LogP contribution in [0.25, 0.3) is 0 Å². The van der Waals surface area contributed by atoms with Gasteiger partial charge < -0.3 is 16.2 Å². The van der Waals surface area contributed by atoms with Crippen LogP contribution in [0, 0.1) is 5.41 Å². The van der Waals surface area contributed by atoms with Gasteiger partial charge in [-0.25, -0.2) is 9.78 Å². The SMILES string of the molecule is CC(C)(N)C(C)(C)C(=O)NCc1ccc(C(=O)O)nc1. The monoisotopic (exact) mass is 279 g/mol. The topological polar surface area (TPSA) is 105 Å². The molecule has 4 N–H and O–H groups in total. The van der Waals surface area contributed by atoms with Crippen molar-refractivity contribution in [2.24, 2.45) is 11.1 Å². The van der Waals surface area contributed by atoms with Gasteiger partial charge in [0.05, 0.1) is 5.41 Å². The molecule has 0 unspecified atom stereocenters. The Morgan fingerprint density at radius 1 is 1.30 bits per heavy atom. The Bertz CT molecular complexity index is 501. The Labute approximate surface area is 118 Å². The second-order valence-electron chi connectivity index (χ2n) is 5.89. The van der Waals surface area contributed by atoms with Crippen molar-refractivity contribution in [3.63, 3.8) is 0 Å². The fourth-order valence-corrected chi connectivity index (χ4v) is 1.35. The van der Waals surface area contributed by atoms with Gasteiger partial charge in [-0.05, 0) is 39.3 Å². The number of carbonyl (C=O) groups excluding carboxylic acids is 1. The molecule has 0 spiro atoms. The van der Waals surface area contributed by atoms with E-state index in [1.807, 2.05) is 0 Å². The zero-order chi connectivity index (χ0) is 15.6. The maximum absolute atomic E-state index is 12.2. The first kappa shape index (κ1) is 16.1. The second-order valence-corrected chi connectivity index (χ2v) is 5.89. The number of aromatic nitrogens is 1. The van der Waals surface area contributed by atoms with Crippen molar-refractivity contribution in [2.75, 3.05) is 0 Å². The minimum atomic E-state index is -1.08. The molecule has 20 heavy (non-hydrogen) atoms. The van der Waals surface area contributed by atoms with Crippen LogP contribution < -0.4 is 11.1 Å². The first-order valence-electron chi connectivity index (χ1n) is 6.31. The molecule has 1 rings (SSSR count). The van der Waals surface area contributed by atoms with Crippen molar-refractivity contribution in [3.05, 3.63) is 29.6 Å². The van der Waals surface area contributed by atoms with Gasteiger partial charge in [-0.3, -0.25) is 4.79 Å². The van der Waals surface area contributed by atoms with Crippen molar-refractivity contribution in [1.82, 2.24) is 10.3 Å². The zero-order valence-corrected chi connectivity index (χ0v) is 12.2. The van der Waals surface area contributed by atoms with Crippen LogP contribution in [-0.2, 0) is 11.3 Å². The standard InChI is InChI=1S/C14H21N3O3/c1-13(2,14(3,4)15)12(20)17-8-9-5-6-10(11(18)19)16-7-9/h5-7H,8,15H2,1-4H3,(H,17,20)(H,18,19). The summed E-state index contributed by atoms with van der Waals surface area (Å²) < 4.78 is 0. The van der Waals surface area contributed by atoms with E-state index in [1.54, 1.807) is 33.8 Å². The first-order valence-corrected chi connectivity index (χ1v) is 6.31. The summed E-state index contributed by atoms with van der Waals surface area (Å²) in [5.74, 6) is -1.24. The lowest BCUT2D eigenvalue weighted by Gasteiger charge is -2.36. The van der Waals surface area contributed by atoms with Crippen LogP contribution in [0.4, 0.5) is 0 Å². The van der Waals surface area contributed by atoms with E-state index in [0.29, 0.717) is 0 Å². The van der Waals surface area contributed by atoms with Crippen LogP contribution in [0.3, 0.4) is 0 Å². The zero-order valence-electron chi connectivity index (χ0n) is 12.2. The highest BCUT2D eigenvalue weighted by Crippen LogP contribution is 2.28. The summed E-state index contributed by atoms with van der Waals surface area (Å²) in [5, 5.41) is 11.5. The smallest absolute Gasteiger partial charge is 0.354 e. The quantitative estimate of drug-likeness (QED) is 0.750. The van der Waals surface area contributed by atoms with Gasteiger partial charge in [-0.15, -0.1) is 0 Å². The van der Waals surface area contributed by atoms with Crippen LogP contribution in [0.1, 0.15) is 43.7 Å². The minimum absolute atomic E-state index is 0.0245. The third-order valence-electron chi connectivity index (χ3n) is 3.68. The lowest BCUT2D eigenvalue weighted by atomic mass is 9.74. The number of carboxylic acids is 1. The van der Waals surface area contributed by atoms with Crippen molar-refractivity contribution >= 4 is 11.9 Å². The molecule has 1 heterocycles. The molecule has 6 nitrogen and oxygen atoms in total. The van der Waals surface area contributed by atoms with Crippen molar-refractivity contribution in [2.45, 2.75) is 39.8 Å². The van der Waals surface area contributed by atoms with Gasteiger partial charge >= 0.3 is 5.97 Å². The number of carbonyl (C=O) groups is 2. The molecule has 0 saturated carbocycles. The van der Waals surface area contributed by atoms with Crippen LogP contribution in [0.15, 0.2) is 18.3 Å². The molecule has 0 aliphatic carbocycles. The molecule has 0 bridgehead atoms. The number of rotatable bonds is 5. The lowest BCUT2D eigenvalue weighted by molar-refractivity contribution is -0.132. The van der Waals surface area contributed by atoms with E-state index in [-0.39, 0.29) is 18.1 Å². The molecule has 1 aromatic rings. The number of nitrogens with two attached hydrogens (primary N) is 1. The largest absolute Gasteiger partial charge is 0.477 e. The van der Waals surface area contributed by atoms with Crippen molar-refractivity contribution in [3.8, 4) is 0 Å². The third-order valence-corrected chi connectivity index (χ3v) is 3.68. The Kier molecular flexibility index (Phi) is 4.50. The van der Waals surface area contributed by atoms with E-state index >= 15 is 0 Å². The normalized spacial score (nSPS) is 12.1. The van der Waals surface area contributed by atoms with E-state index in [4.69, 9.17) is 10.8 Å². The Hall–Kier alpha value is -1.95. The van der Waals surface area contributed by atoms with Gasteiger partial charge in [-0.1, -0.05) is 6.07 Å². The molecular formula is C14H21N3O3. The van der Waals surface area contributed by atoms with Gasteiger partial charge in [0.2, 0.25) is 5.91 Å². The number of hydrogen-bond acceptors (Lipinski definition) is 4. The number of hydrogen-bond donors (Lipinski definition) is 3. The van der Waals surface area contributed by atoms with Crippen molar-refractivity contribution in [1.29, 1.82) is 0 Å². The lowest BCUT2D eigenvalue weighted by Crippen LogP contribution is -2.55. The van der Waals surface area contributed by atoms with Gasteiger partial charge in [0.1, 0.15) is 5.69 Å². The van der Waals surface area contributed by atoms with Gasteiger partial charge in [0.25, 0.3) is 0 Å².